The van der Waals surface area contributed by atoms with Gasteiger partial charge in [0.25, 0.3) is 5.91 Å². The van der Waals surface area contributed by atoms with Gasteiger partial charge in [0.05, 0.1) is 5.56 Å². The molecule has 8 heteroatoms. The standard InChI is InChI=1S/C19H16F3NO3S/c1-11-2-4-12(5-3-11)16(24)23-15(18(25)26)10-27-17(23)13-6-8-14(9-7-13)19(20,21)22/h2-9,15,17H,10H2,1H3,(H,25,26)/t15-,17+/m1/s1. The second-order valence-electron chi connectivity index (χ2n) is 6.24. The van der Waals surface area contributed by atoms with Crippen molar-refractivity contribution in [2.45, 2.75) is 24.5 Å². The molecule has 4 nitrogen and oxygen atoms in total. The van der Waals surface area contributed by atoms with Gasteiger partial charge in [-0.2, -0.15) is 13.2 Å². The van der Waals surface area contributed by atoms with Gasteiger partial charge in [-0.25, -0.2) is 4.79 Å². The molecular formula is C19H16F3NO3S. The summed E-state index contributed by atoms with van der Waals surface area (Å²) < 4.78 is 38.3. The Bertz CT molecular complexity index is 850. The lowest BCUT2D eigenvalue weighted by atomic mass is 10.1. The van der Waals surface area contributed by atoms with Crippen molar-refractivity contribution in [1.29, 1.82) is 0 Å². The van der Waals surface area contributed by atoms with Crippen LogP contribution in [0.5, 0.6) is 0 Å². The highest BCUT2D eigenvalue weighted by molar-refractivity contribution is 7.99. The highest BCUT2D eigenvalue weighted by atomic mass is 32.2. The molecule has 2 aromatic rings. The van der Waals surface area contributed by atoms with Gasteiger partial charge in [-0.3, -0.25) is 4.79 Å². The van der Waals surface area contributed by atoms with Gasteiger partial charge in [0.15, 0.2) is 0 Å². The number of halogens is 3. The lowest BCUT2D eigenvalue weighted by Gasteiger charge is -2.28. The first-order chi connectivity index (χ1) is 12.7. The summed E-state index contributed by atoms with van der Waals surface area (Å²) in [6.45, 7) is 1.87. The van der Waals surface area contributed by atoms with Gasteiger partial charge in [0, 0.05) is 11.3 Å². The molecule has 1 aliphatic rings. The Labute approximate surface area is 158 Å². The van der Waals surface area contributed by atoms with Crippen molar-refractivity contribution >= 4 is 23.6 Å². The molecule has 1 heterocycles. The number of carbonyl (C=O) groups is 2. The number of hydrogen-bond donors (Lipinski definition) is 1. The van der Waals surface area contributed by atoms with Crippen molar-refractivity contribution in [3.63, 3.8) is 0 Å². The number of aryl methyl sites for hydroxylation is 1. The molecule has 0 spiro atoms. The van der Waals surface area contributed by atoms with Gasteiger partial charge in [-0.15, -0.1) is 11.8 Å². The van der Waals surface area contributed by atoms with E-state index in [2.05, 4.69) is 0 Å². The van der Waals surface area contributed by atoms with E-state index in [1.807, 2.05) is 6.92 Å². The van der Waals surface area contributed by atoms with Crippen LogP contribution in [0.4, 0.5) is 13.2 Å². The number of alkyl halides is 3. The van der Waals surface area contributed by atoms with Crippen LogP contribution >= 0.6 is 11.8 Å². The maximum atomic E-state index is 13.0. The molecule has 1 saturated heterocycles. The van der Waals surface area contributed by atoms with Crippen molar-refractivity contribution in [3.05, 3.63) is 70.8 Å². The number of aliphatic carboxylic acids is 1. The van der Waals surface area contributed by atoms with Gasteiger partial charge in [-0.05, 0) is 36.8 Å². The molecule has 1 fully saturated rings. The van der Waals surface area contributed by atoms with E-state index in [1.165, 1.54) is 28.8 Å². The van der Waals surface area contributed by atoms with Crippen LogP contribution < -0.4 is 0 Å². The lowest BCUT2D eigenvalue weighted by molar-refractivity contribution is -0.141. The van der Waals surface area contributed by atoms with E-state index in [9.17, 15) is 27.9 Å². The van der Waals surface area contributed by atoms with Gasteiger partial charge in [0.2, 0.25) is 0 Å². The molecule has 0 radical (unpaired) electrons. The second kappa shape index (κ2) is 7.26. The topological polar surface area (TPSA) is 57.6 Å². The molecule has 1 aliphatic heterocycles. The second-order valence-corrected chi connectivity index (χ2v) is 7.35. The zero-order chi connectivity index (χ0) is 19.8. The minimum absolute atomic E-state index is 0.165. The third-order valence-corrected chi connectivity index (χ3v) is 5.66. The van der Waals surface area contributed by atoms with E-state index >= 15 is 0 Å². The molecular weight excluding hydrogens is 379 g/mol. The zero-order valence-electron chi connectivity index (χ0n) is 14.2. The fourth-order valence-electron chi connectivity index (χ4n) is 2.88. The average molecular weight is 395 g/mol. The van der Waals surface area contributed by atoms with E-state index in [-0.39, 0.29) is 5.75 Å². The van der Waals surface area contributed by atoms with Crippen molar-refractivity contribution in [2.24, 2.45) is 0 Å². The van der Waals surface area contributed by atoms with Crippen LogP contribution in [0.3, 0.4) is 0 Å². The lowest BCUT2D eigenvalue weighted by Crippen LogP contribution is -2.43. The minimum Gasteiger partial charge on any atom is -0.480 e. The quantitative estimate of drug-likeness (QED) is 0.839. The predicted molar refractivity (Wildman–Crippen MR) is 95.4 cm³/mol. The Morgan fingerprint density at radius 3 is 2.19 bits per heavy atom. The van der Waals surface area contributed by atoms with Crippen molar-refractivity contribution < 1.29 is 27.9 Å². The summed E-state index contributed by atoms with van der Waals surface area (Å²) in [6, 6.07) is 10.2. The third-order valence-electron chi connectivity index (χ3n) is 4.34. The average Bonchev–Trinajstić information content (AvgIpc) is 3.06. The van der Waals surface area contributed by atoms with Crippen LogP contribution in [0.1, 0.15) is 32.4 Å². The molecule has 1 amide bonds. The monoisotopic (exact) mass is 395 g/mol. The number of carboxylic acids is 1. The SMILES string of the molecule is Cc1ccc(C(=O)N2[C@@H](C(=O)O)CS[C@H]2c2ccc(C(F)(F)F)cc2)cc1. The molecule has 2 atom stereocenters. The number of rotatable bonds is 3. The van der Waals surface area contributed by atoms with Crippen molar-refractivity contribution in [3.8, 4) is 0 Å². The maximum Gasteiger partial charge on any atom is 0.416 e. The highest BCUT2D eigenvalue weighted by Crippen LogP contribution is 2.43. The molecule has 0 unspecified atom stereocenters. The van der Waals surface area contributed by atoms with Crippen molar-refractivity contribution in [1.82, 2.24) is 4.90 Å². The first-order valence-electron chi connectivity index (χ1n) is 8.09. The molecule has 142 valence electrons. The first kappa shape index (κ1) is 19.3. The smallest absolute Gasteiger partial charge is 0.416 e. The van der Waals surface area contributed by atoms with Crippen LogP contribution in [0.2, 0.25) is 0 Å². The summed E-state index contributed by atoms with van der Waals surface area (Å²) in [7, 11) is 0. The highest BCUT2D eigenvalue weighted by Gasteiger charge is 2.43. The molecule has 0 bridgehead atoms. The number of thioether (sulfide) groups is 1. The first-order valence-corrected chi connectivity index (χ1v) is 9.14. The van der Waals surface area contributed by atoms with Crippen LogP contribution in [0, 0.1) is 6.92 Å². The van der Waals surface area contributed by atoms with E-state index in [4.69, 9.17) is 0 Å². The number of amides is 1. The molecule has 27 heavy (non-hydrogen) atoms. The molecule has 3 rings (SSSR count). The number of hydrogen-bond acceptors (Lipinski definition) is 3. The van der Waals surface area contributed by atoms with E-state index < -0.39 is 35.0 Å². The van der Waals surface area contributed by atoms with Crippen molar-refractivity contribution in [2.75, 3.05) is 5.75 Å². The van der Waals surface area contributed by atoms with E-state index in [1.54, 1.807) is 24.3 Å². The maximum absolute atomic E-state index is 13.0. The Hall–Kier alpha value is -2.48. The van der Waals surface area contributed by atoms with Crippen LogP contribution in [-0.4, -0.2) is 33.7 Å². The summed E-state index contributed by atoms with van der Waals surface area (Å²) in [5.41, 5.74) is 0.959. The van der Waals surface area contributed by atoms with Crippen LogP contribution in [0.25, 0.3) is 0 Å². The normalized spacial score (nSPS) is 19.9. The summed E-state index contributed by atoms with van der Waals surface area (Å²) in [4.78, 5) is 25.8. The number of carboxylic acid groups (broad SMARTS) is 1. The van der Waals surface area contributed by atoms with Gasteiger partial charge >= 0.3 is 12.1 Å². The molecule has 1 N–H and O–H groups in total. The number of carbonyl (C=O) groups excluding carboxylic acids is 1. The molecule has 2 aromatic carbocycles. The molecule has 0 saturated carbocycles. The summed E-state index contributed by atoms with van der Waals surface area (Å²) in [6.07, 6.45) is -4.46. The fourth-order valence-corrected chi connectivity index (χ4v) is 4.30. The van der Waals surface area contributed by atoms with E-state index in [0.29, 0.717) is 11.1 Å². The largest absolute Gasteiger partial charge is 0.480 e. The Balaban J connectivity index is 1.95. The minimum atomic E-state index is -4.46. The number of nitrogens with zero attached hydrogens (tertiary/aromatic N) is 1. The Kier molecular flexibility index (Phi) is 5.19. The summed E-state index contributed by atoms with van der Waals surface area (Å²) in [5.74, 6) is -1.44. The van der Waals surface area contributed by atoms with E-state index in [0.717, 1.165) is 17.7 Å². The van der Waals surface area contributed by atoms with Crippen LogP contribution in [-0.2, 0) is 11.0 Å². The third kappa shape index (κ3) is 3.95. The van der Waals surface area contributed by atoms with Crippen LogP contribution in [0.15, 0.2) is 48.5 Å². The molecule has 0 aromatic heterocycles. The summed E-state index contributed by atoms with van der Waals surface area (Å²) >= 11 is 1.22. The van der Waals surface area contributed by atoms with Gasteiger partial charge in [0.1, 0.15) is 11.4 Å². The summed E-state index contributed by atoms with van der Waals surface area (Å²) in [5, 5.41) is 8.82. The number of benzene rings is 2. The van der Waals surface area contributed by atoms with Gasteiger partial charge in [-0.1, -0.05) is 29.8 Å². The molecule has 0 aliphatic carbocycles. The Morgan fingerprint density at radius 1 is 1.07 bits per heavy atom. The van der Waals surface area contributed by atoms with Gasteiger partial charge < -0.3 is 10.0 Å². The predicted octanol–water partition coefficient (Wildman–Crippen LogP) is 4.35. The zero-order valence-corrected chi connectivity index (χ0v) is 15.1. The fraction of sp³-hybridized carbons (Fsp3) is 0.263. The Morgan fingerprint density at radius 2 is 1.67 bits per heavy atom.